The Kier molecular flexibility index (Phi) is 4.40. The van der Waals surface area contributed by atoms with E-state index in [2.05, 4.69) is 25.9 Å². The second-order valence-corrected chi connectivity index (χ2v) is 7.52. The van der Waals surface area contributed by atoms with Crippen molar-refractivity contribution >= 4 is 11.9 Å². The van der Waals surface area contributed by atoms with Gasteiger partial charge in [-0.2, -0.15) is 5.10 Å². The molecule has 2 rings (SSSR count). The third kappa shape index (κ3) is 3.20. The van der Waals surface area contributed by atoms with Gasteiger partial charge in [0.2, 0.25) is 0 Å². The minimum atomic E-state index is -0.829. The zero-order chi connectivity index (χ0) is 16.7. The summed E-state index contributed by atoms with van der Waals surface area (Å²) in [5.41, 5.74) is 6.90. The van der Waals surface area contributed by atoms with Gasteiger partial charge in [-0.05, 0) is 53.9 Å². The van der Waals surface area contributed by atoms with Gasteiger partial charge in [-0.1, -0.05) is 0 Å². The molecule has 124 valence electrons. The molecule has 0 unspecified atom stereocenters. The first-order chi connectivity index (χ1) is 10.1. The third-order valence-corrected chi connectivity index (χ3v) is 4.39. The molecule has 6 heteroatoms. The highest BCUT2D eigenvalue weighted by molar-refractivity contribution is 5.66. The van der Waals surface area contributed by atoms with E-state index in [1.165, 1.54) is 0 Å². The van der Waals surface area contributed by atoms with E-state index in [0.717, 1.165) is 25.0 Å². The Labute approximate surface area is 132 Å². The van der Waals surface area contributed by atoms with Crippen molar-refractivity contribution in [3.8, 4) is 0 Å². The number of nitrogens with two attached hydrogens (primary N) is 1. The first-order valence-electron chi connectivity index (χ1n) is 7.98. The van der Waals surface area contributed by atoms with Crippen molar-refractivity contribution in [1.82, 2.24) is 14.7 Å². The van der Waals surface area contributed by atoms with E-state index in [0.29, 0.717) is 11.7 Å². The van der Waals surface area contributed by atoms with E-state index in [1.807, 2.05) is 24.6 Å². The molecule has 2 atom stereocenters. The summed E-state index contributed by atoms with van der Waals surface area (Å²) >= 11 is 0. The van der Waals surface area contributed by atoms with Crippen molar-refractivity contribution < 1.29 is 9.90 Å². The molecule has 1 aliphatic carbocycles. The van der Waals surface area contributed by atoms with Crippen LogP contribution in [0.2, 0.25) is 0 Å². The van der Waals surface area contributed by atoms with Crippen LogP contribution in [0.1, 0.15) is 65.5 Å². The summed E-state index contributed by atoms with van der Waals surface area (Å²) in [5, 5.41) is 13.9. The minimum absolute atomic E-state index is 0.00107. The maximum absolute atomic E-state index is 11.5. The number of hydrogen-bond acceptors (Lipinski definition) is 3. The van der Waals surface area contributed by atoms with Crippen LogP contribution >= 0.6 is 0 Å². The van der Waals surface area contributed by atoms with Crippen molar-refractivity contribution in [2.75, 3.05) is 5.73 Å². The Morgan fingerprint density at radius 3 is 2.59 bits per heavy atom. The van der Waals surface area contributed by atoms with Gasteiger partial charge in [-0.15, -0.1) is 0 Å². The lowest BCUT2D eigenvalue weighted by Gasteiger charge is -2.30. The molecule has 1 heterocycles. The van der Waals surface area contributed by atoms with E-state index >= 15 is 0 Å². The Hall–Kier alpha value is -1.72. The smallest absolute Gasteiger partial charge is 0.407 e. The highest BCUT2D eigenvalue weighted by Crippen LogP contribution is 2.39. The quantitative estimate of drug-likeness (QED) is 0.897. The Bertz CT molecular complexity index is 545. The summed E-state index contributed by atoms with van der Waals surface area (Å²) in [7, 11) is 0. The lowest BCUT2D eigenvalue weighted by molar-refractivity contribution is 0.108. The molecule has 3 N–H and O–H groups in total. The van der Waals surface area contributed by atoms with Crippen LogP contribution in [0.25, 0.3) is 0 Å². The number of amides is 1. The van der Waals surface area contributed by atoms with Gasteiger partial charge in [0, 0.05) is 29.8 Å². The predicted octanol–water partition coefficient (Wildman–Crippen LogP) is 3.24. The fraction of sp³-hybridized carbons (Fsp3) is 0.750. The van der Waals surface area contributed by atoms with Gasteiger partial charge in [0.25, 0.3) is 0 Å². The summed E-state index contributed by atoms with van der Waals surface area (Å²) < 4.78 is 2.00. The molecular formula is C16H28N4O2. The summed E-state index contributed by atoms with van der Waals surface area (Å²) in [6, 6.07) is 2.02. The van der Waals surface area contributed by atoms with Gasteiger partial charge >= 0.3 is 6.09 Å². The Balaban J connectivity index is 2.22. The average Bonchev–Trinajstić information content (AvgIpc) is 2.93. The Morgan fingerprint density at radius 1 is 1.45 bits per heavy atom. The van der Waals surface area contributed by atoms with Crippen LogP contribution in [0, 0.1) is 0 Å². The van der Waals surface area contributed by atoms with Crippen LogP contribution in [-0.2, 0) is 5.54 Å². The van der Waals surface area contributed by atoms with Gasteiger partial charge in [0.15, 0.2) is 0 Å². The van der Waals surface area contributed by atoms with E-state index in [1.54, 1.807) is 4.90 Å². The van der Waals surface area contributed by atoms with E-state index in [9.17, 15) is 9.90 Å². The third-order valence-electron chi connectivity index (χ3n) is 4.39. The van der Waals surface area contributed by atoms with Gasteiger partial charge < -0.3 is 15.7 Å². The lowest BCUT2D eigenvalue weighted by atomic mass is 10.0. The van der Waals surface area contributed by atoms with E-state index in [-0.39, 0.29) is 17.6 Å². The lowest BCUT2D eigenvalue weighted by Crippen LogP contribution is -2.42. The van der Waals surface area contributed by atoms with Crippen LogP contribution in [-0.4, -0.2) is 38.0 Å². The van der Waals surface area contributed by atoms with Crippen LogP contribution in [0.3, 0.4) is 0 Å². The molecule has 1 aromatic heterocycles. The SMILES string of the molecule is CC(C)N(C(=O)O)[C@H]1CC[C@@H](c2cc(N)nn2C(C)(C)C)C1. The predicted molar refractivity (Wildman–Crippen MR) is 87.0 cm³/mol. The number of rotatable bonds is 3. The maximum Gasteiger partial charge on any atom is 0.407 e. The molecule has 6 nitrogen and oxygen atoms in total. The molecule has 0 saturated heterocycles. The molecule has 0 spiro atoms. The van der Waals surface area contributed by atoms with Crippen LogP contribution in [0.4, 0.5) is 10.6 Å². The van der Waals surface area contributed by atoms with E-state index in [4.69, 9.17) is 5.73 Å². The van der Waals surface area contributed by atoms with Crippen molar-refractivity contribution in [1.29, 1.82) is 0 Å². The van der Waals surface area contributed by atoms with Gasteiger partial charge in [0.1, 0.15) is 5.82 Å². The summed E-state index contributed by atoms with van der Waals surface area (Å²) in [4.78, 5) is 13.1. The molecule has 0 radical (unpaired) electrons. The highest BCUT2D eigenvalue weighted by Gasteiger charge is 2.36. The summed E-state index contributed by atoms with van der Waals surface area (Å²) in [6.45, 7) is 10.2. The van der Waals surface area contributed by atoms with Crippen LogP contribution in [0.5, 0.6) is 0 Å². The summed E-state index contributed by atoms with van der Waals surface area (Å²) in [5.74, 6) is 0.849. The number of nitrogen functional groups attached to an aromatic ring is 1. The first-order valence-corrected chi connectivity index (χ1v) is 7.98. The van der Waals surface area contributed by atoms with Crippen LogP contribution < -0.4 is 5.73 Å². The maximum atomic E-state index is 11.5. The van der Waals surface area contributed by atoms with Gasteiger partial charge in [0.05, 0.1) is 5.54 Å². The van der Waals surface area contributed by atoms with E-state index < -0.39 is 6.09 Å². The minimum Gasteiger partial charge on any atom is -0.465 e. The molecule has 0 bridgehead atoms. The number of anilines is 1. The number of nitrogens with zero attached hydrogens (tertiary/aromatic N) is 3. The largest absolute Gasteiger partial charge is 0.465 e. The number of carboxylic acid groups (broad SMARTS) is 1. The van der Waals surface area contributed by atoms with Crippen molar-refractivity contribution in [2.24, 2.45) is 0 Å². The highest BCUT2D eigenvalue weighted by atomic mass is 16.4. The zero-order valence-electron chi connectivity index (χ0n) is 14.2. The second kappa shape index (κ2) is 5.82. The molecule has 1 amide bonds. The fourth-order valence-electron chi connectivity index (χ4n) is 3.52. The fourth-order valence-corrected chi connectivity index (χ4v) is 3.52. The molecule has 22 heavy (non-hydrogen) atoms. The monoisotopic (exact) mass is 308 g/mol. The Morgan fingerprint density at radius 2 is 2.09 bits per heavy atom. The molecule has 1 aromatic rings. The van der Waals surface area contributed by atoms with Crippen LogP contribution in [0.15, 0.2) is 6.07 Å². The molecule has 0 aliphatic heterocycles. The number of aromatic nitrogens is 2. The molecule has 1 saturated carbocycles. The summed E-state index contributed by atoms with van der Waals surface area (Å²) in [6.07, 6.45) is 1.88. The first kappa shape index (κ1) is 16.6. The van der Waals surface area contributed by atoms with Crippen molar-refractivity contribution in [2.45, 2.75) is 77.4 Å². The topological polar surface area (TPSA) is 84.4 Å². The molecular weight excluding hydrogens is 280 g/mol. The number of hydrogen-bond donors (Lipinski definition) is 2. The zero-order valence-corrected chi connectivity index (χ0v) is 14.2. The van der Waals surface area contributed by atoms with Gasteiger partial charge in [-0.3, -0.25) is 4.68 Å². The number of carbonyl (C=O) groups is 1. The molecule has 0 aromatic carbocycles. The normalized spacial score (nSPS) is 22.3. The molecule has 1 aliphatic rings. The second-order valence-electron chi connectivity index (χ2n) is 7.52. The average molecular weight is 308 g/mol. The molecule has 1 fully saturated rings. The van der Waals surface area contributed by atoms with Crippen molar-refractivity contribution in [3.63, 3.8) is 0 Å². The van der Waals surface area contributed by atoms with Crippen molar-refractivity contribution in [3.05, 3.63) is 11.8 Å². The standard InChI is InChI=1S/C16H28N4O2/c1-10(2)19(15(21)22)12-7-6-11(8-12)13-9-14(17)18-20(13)16(3,4)5/h9-12H,6-8H2,1-5H3,(H2,17,18)(H,21,22)/t11-,12+/m1/s1. The van der Waals surface area contributed by atoms with Gasteiger partial charge in [-0.25, -0.2) is 4.79 Å².